The van der Waals surface area contributed by atoms with Crippen molar-refractivity contribution >= 4 is 23.2 Å². The number of hydrogen-bond donors (Lipinski definition) is 2. The Morgan fingerprint density at radius 3 is 2.80 bits per heavy atom. The van der Waals surface area contributed by atoms with Gasteiger partial charge >= 0.3 is 0 Å². The second-order valence-corrected chi connectivity index (χ2v) is 4.50. The van der Waals surface area contributed by atoms with Gasteiger partial charge in [0, 0.05) is 37.1 Å². The number of H-pyrrole nitrogens is 1. The SMILES string of the molecule is CC(=O)N(C)c1cccc(Nc2ncc(C)c(=O)[nH]2)c1. The monoisotopic (exact) mass is 272 g/mol. The number of nitrogens with zero attached hydrogens (tertiary/aromatic N) is 2. The minimum absolute atomic E-state index is 0.0518. The maximum atomic E-state index is 11.5. The van der Waals surface area contributed by atoms with E-state index in [1.807, 2.05) is 18.2 Å². The average molecular weight is 272 g/mol. The Labute approximate surface area is 116 Å². The summed E-state index contributed by atoms with van der Waals surface area (Å²) >= 11 is 0. The summed E-state index contributed by atoms with van der Waals surface area (Å²) in [6.07, 6.45) is 1.51. The number of rotatable bonds is 3. The molecule has 1 heterocycles. The molecule has 2 rings (SSSR count). The highest BCUT2D eigenvalue weighted by Crippen LogP contribution is 2.20. The molecule has 1 aromatic heterocycles. The normalized spacial score (nSPS) is 10.2. The van der Waals surface area contributed by atoms with E-state index in [4.69, 9.17) is 0 Å². The second-order valence-electron chi connectivity index (χ2n) is 4.50. The van der Waals surface area contributed by atoms with Crippen molar-refractivity contribution < 1.29 is 4.79 Å². The first-order valence-corrected chi connectivity index (χ1v) is 6.14. The number of aromatic amines is 1. The predicted octanol–water partition coefficient (Wildman–Crippen LogP) is 1.80. The molecule has 2 aromatic rings. The average Bonchev–Trinajstić information content (AvgIpc) is 2.42. The van der Waals surface area contributed by atoms with E-state index >= 15 is 0 Å². The summed E-state index contributed by atoms with van der Waals surface area (Å²) in [7, 11) is 1.70. The molecule has 0 saturated heterocycles. The molecule has 0 unspecified atom stereocenters. The molecule has 1 amide bonds. The third kappa shape index (κ3) is 3.03. The molecular formula is C14H16N4O2. The van der Waals surface area contributed by atoms with E-state index in [-0.39, 0.29) is 11.5 Å². The standard InChI is InChI=1S/C14H16N4O2/c1-9-8-15-14(17-13(9)20)16-11-5-4-6-12(7-11)18(3)10(2)19/h4-8H,1-3H3,(H2,15,16,17,20). The van der Waals surface area contributed by atoms with E-state index < -0.39 is 0 Å². The van der Waals surface area contributed by atoms with Crippen LogP contribution in [-0.2, 0) is 4.79 Å². The van der Waals surface area contributed by atoms with Gasteiger partial charge in [-0.3, -0.25) is 14.6 Å². The van der Waals surface area contributed by atoms with Crippen LogP contribution in [0.2, 0.25) is 0 Å². The molecule has 6 nitrogen and oxygen atoms in total. The maximum absolute atomic E-state index is 11.5. The Morgan fingerprint density at radius 1 is 1.40 bits per heavy atom. The molecule has 6 heteroatoms. The van der Waals surface area contributed by atoms with Crippen LogP contribution >= 0.6 is 0 Å². The van der Waals surface area contributed by atoms with Crippen molar-refractivity contribution in [2.75, 3.05) is 17.3 Å². The van der Waals surface area contributed by atoms with Crippen LogP contribution in [0.4, 0.5) is 17.3 Å². The van der Waals surface area contributed by atoms with Gasteiger partial charge in [0.15, 0.2) is 0 Å². The zero-order chi connectivity index (χ0) is 14.7. The Hall–Kier alpha value is -2.63. The molecule has 0 bridgehead atoms. The van der Waals surface area contributed by atoms with Gasteiger partial charge in [-0.15, -0.1) is 0 Å². The fourth-order valence-electron chi connectivity index (χ4n) is 1.63. The van der Waals surface area contributed by atoms with Gasteiger partial charge in [-0.1, -0.05) is 6.07 Å². The van der Waals surface area contributed by atoms with Crippen LogP contribution in [-0.4, -0.2) is 22.9 Å². The number of anilines is 3. The van der Waals surface area contributed by atoms with E-state index in [0.717, 1.165) is 11.4 Å². The molecule has 0 aliphatic heterocycles. The first-order valence-electron chi connectivity index (χ1n) is 6.14. The molecule has 0 aliphatic carbocycles. The highest BCUT2D eigenvalue weighted by Gasteiger charge is 2.06. The van der Waals surface area contributed by atoms with Gasteiger partial charge in [-0.25, -0.2) is 4.98 Å². The zero-order valence-electron chi connectivity index (χ0n) is 11.6. The second kappa shape index (κ2) is 5.56. The van der Waals surface area contributed by atoms with Gasteiger partial charge in [-0.05, 0) is 25.1 Å². The minimum Gasteiger partial charge on any atom is -0.326 e. The Kier molecular flexibility index (Phi) is 3.84. The highest BCUT2D eigenvalue weighted by molar-refractivity contribution is 5.91. The summed E-state index contributed by atoms with van der Waals surface area (Å²) < 4.78 is 0. The number of aryl methyl sites for hydroxylation is 1. The van der Waals surface area contributed by atoms with Crippen LogP contribution in [0.1, 0.15) is 12.5 Å². The van der Waals surface area contributed by atoms with Crippen LogP contribution < -0.4 is 15.8 Å². The summed E-state index contributed by atoms with van der Waals surface area (Å²) in [5.41, 5.74) is 1.87. The molecule has 0 fully saturated rings. The van der Waals surface area contributed by atoms with E-state index in [2.05, 4.69) is 15.3 Å². The smallest absolute Gasteiger partial charge is 0.255 e. The van der Waals surface area contributed by atoms with Crippen LogP contribution in [0.25, 0.3) is 0 Å². The van der Waals surface area contributed by atoms with Crippen molar-refractivity contribution in [2.24, 2.45) is 0 Å². The quantitative estimate of drug-likeness (QED) is 0.893. The molecule has 0 aliphatic rings. The topological polar surface area (TPSA) is 78.1 Å². The van der Waals surface area contributed by atoms with Gasteiger partial charge in [-0.2, -0.15) is 0 Å². The van der Waals surface area contributed by atoms with Crippen molar-refractivity contribution in [3.8, 4) is 0 Å². The maximum Gasteiger partial charge on any atom is 0.255 e. The third-order valence-electron chi connectivity index (χ3n) is 2.95. The number of benzene rings is 1. The molecule has 1 aromatic carbocycles. The largest absolute Gasteiger partial charge is 0.326 e. The van der Waals surface area contributed by atoms with Gasteiger partial charge in [0.2, 0.25) is 11.9 Å². The Morgan fingerprint density at radius 2 is 2.15 bits per heavy atom. The van der Waals surface area contributed by atoms with Gasteiger partial charge < -0.3 is 10.2 Å². The third-order valence-corrected chi connectivity index (χ3v) is 2.95. The highest BCUT2D eigenvalue weighted by atomic mass is 16.2. The molecule has 104 valence electrons. The summed E-state index contributed by atoms with van der Waals surface area (Å²) in [5, 5.41) is 3.00. The van der Waals surface area contributed by atoms with E-state index in [1.165, 1.54) is 18.0 Å². The summed E-state index contributed by atoms with van der Waals surface area (Å²) in [6, 6.07) is 7.29. The predicted molar refractivity (Wildman–Crippen MR) is 78.4 cm³/mol. The van der Waals surface area contributed by atoms with E-state index in [1.54, 1.807) is 20.0 Å². The number of nitrogens with one attached hydrogen (secondary N) is 2. The molecule has 0 spiro atoms. The number of carbonyl (C=O) groups excluding carboxylic acids is 1. The van der Waals surface area contributed by atoms with Crippen molar-refractivity contribution in [1.29, 1.82) is 0 Å². The Balaban J connectivity index is 2.25. The lowest BCUT2D eigenvalue weighted by Crippen LogP contribution is -2.22. The number of amides is 1. The first-order chi connectivity index (χ1) is 9.47. The van der Waals surface area contributed by atoms with Crippen molar-refractivity contribution in [3.63, 3.8) is 0 Å². The van der Waals surface area contributed by atoms with Crippen LogP contribution in [0, 0.1) is 6.92 Å². The molecule has 0 radical (unpaired) electrons. The van der Waals surface area contributed by atoms with Crippen molar-refractivity contribution in [3.05, 3.63) is 46.4 Å². The number of carbonyl (C=O) groups is 1. The molecule has 2 N–H and O–H groups in total. The molecule has 0 atom stereocenters. The fraction of sp³-hybridized carbons (Fsp3) is 0.214. The molecule has 20 heavy (non-hydrogen) atoms. The van der Waals surface area contributed by atoms with Gasteiger partial charge in [0.05, 0.1) is 0 Å². The molecular weight excluding hydrogens is 256 g/mol. The zero-order valence-corrected chi connectivity index (χ0v) is 11.6. The van der Waals surface area contributed by atoms with Crippen LogP contribution in [0.3, 0.4) is 0 Å². The fourth-order valence-corrected chi connectivity index (χ4v) is 1.63. The first kappa shape index (κ1) is 13.8. The summed E-state index contributed by atoms with van der Waals surface area (Å²) in [4.78, 5) is 31.1. The van der Waals surface area contributed by atoms with E-state index in [0.29, 0.717) is 11.5 Å². The van der Waals surface area contributed by atoms with Crippen molar-refractivity contribution in [2.45, 2.75) is 13.8 Å². The van der Waals surface area contributed by atoms with Crippen molar-refractivity contribution in [1.82, 2.24) is 9.97 Å². The lowest BCUT2D eigenvalue weighted by Gasteiger charge is -2.16. The van der Waals surface area contributed by atoms with E-state index in [9.17, 15) is 9.59 Å². The lowest BCUT2D eigenvalue weighted by atomic mass is 10.2. The summed E-state index contributed by atoms with van der Waals surface area (Å²) in [5.74, 6) is 0.312. The lowest BCUT2D eigenvalue weighted by molar-refractivity contribution is -0.116. The minimum atomic E-state index is -0.181. The molecule has 0 saturated carbocycles. The number of hydrogen-bond acceptors (Lipinski definition) is 4. The summed E-state index contributed by atoms with van der Waals surface area (Å²) in [6.45, 7) is 3.19. The number of aromatic nitrogens is 2. The Bertz CT molecular complexity index is 694. The van der Waals surface area contributed by atoms with Gasteiger partial charge in [0.1, 0.15) is 0 Å². The van der Waals surface area contributed by atoms with Crippen LogP contribution in [0.15, 0.2) is 35.3 Å². The van der Waals surface area contributed by atoms with Crippen LogP contribution in [0.5, 0.6) is 0 Å². The van der Waals surface area contributed by atoms with Gasteiger partial charge in [0.25, 0.3) is 5.56 Å².